The first-order chi connectivity index (χ1) is 11.4. The molecular formula is C18H16ClNO4. The molecule has 0 radical (unpaired) electrons. The van der Waals surface area contributed by atoms with E-state index in [-0.39, 0.29) is 39.8 Å². The molecule has 0 fully saturated rings. The number of hydrogen-bond donors (Lipinski definition) is 0. The third kappa shape index (κ3) is 2.76. The minimum absolute atomic E-state index is 0.0762. The molecule has 1 aromatic carbocycles. The fourth-order valence-electron chi connectivity index (χ4n) is 2.48. The molecule has 0 N–H and O–H groups in total. The van der Waals surface area contributed by atoms with Crippen LogP contribution in [0.15, 0.2) is 33.5 Å². The molecule has 124 valence electrons. The lowest BCUT2D eigenvalue weighted by Crippen LogP contribution is -2.10. The van der Waals surface area contributed by atoms with Crippen molar-refractivity contribution in [2.24, 2.45) is 0 Å². The number of nitrogens with zero attached hydrogens (tertiary/aromatic N) is 1. The van der Waals surface area contributed by atoms with Gasteiger partial charge >= 0.3 is 5.97 Å². The minimum atomic E-state index is -0.602. The van der Waals surface area contributed by atoms with Gasteiger partial charge in [0.1, 0.15) is 16.3 Å². The molecule has 0 unspecified atom stereocenters. The second kappa shape index (κ2) is 6.24. The van der Waals surface area contributed by atoms with E-state index in [0.717, 1.165) is 5.56 Å². The van der Waals surface area contributed by atoms with E-state index in [9.17, 15) is 9.59 Å². The van der Waals surface area contributed by atoms with Crippen molar-refractivity contribution in [3.8, 4) is 0 Å². The predicted octanol–water partition coefficient (Wildman–Crippen LogP) is 4.29. The average Bonchev–Trinajstić information content (AvgIpc) is 2.55. The Morgan fingerprint density at radius 1 is 1.29 bits per heavy atom. The first-order valence-corrected chi connectivity index (χ1v) is 8.04. The zero-order valence-electron chi connectivity index (χ0n) is 13.6. The third-order valence-corrected chi connectivity index (χ3v) is 4.07. The number of carbonyl (C=O) groups excluding carboxylic acids is 1. The second-order valence-corrected chi connectivity index (χ2v) is 6.09. The van der Waals surface area contributed by atoms with E-state index >= 15 is 0 Å². The van der Waals surface area contributed by atoms with Gasteiger partial charge in [0.15, 0.2) is 11.1 Å². The Bertz CT molecular complexity index is 1010. The molecule has 0 aliphatic carbocycles. The average molecular weight is 346 g/mol. The van der Waals surface area contributed by atoms with Gasteiger partial charge in [0.25, 0.3) is 0 Å². The van der Waals surface area contributed by atoms with E-state index < -0.39 is 5.97 Å². The van der Waals surface area contributed by atoms with Gasteiger partial charge in [-0.15, -0.1) is 0 Å². The van der Waals surface area contributed by atoms with E-state index in [1.165, 1.54) is 6.07 Å². The molecule has 3 aromatic rings. The van der Waals surface area contributed by atoms with Gasteiger partial charge in [-0.2, -0.15) is 0 Å². The molecule has 0 saturated carbocycles. The summed E-state index contributed by atoms with van der Waals surface area (Å²) in [5, 5.41) is 0.369. The molecule has 0 saturated heterocycles. The van der Waals surface area contributed by atoms with Crippen molar-refractivity contribution in [3.63, 3.8) is 0 Å². The summed E-state index contributed by atoms with van der Waals surface area (Å²) in [4.78, 5) is 28.7. The van der Waals surface area contributed by atoms with Crippen LogP contribution < -0.4 is 5.43 Å². The molecule has 6 heteroatoms. The van der Waals surface area contributed by atoms with Crippen molar-refractivity contribution in [1.82, 2.24) is 4.98 Å². The number of fused-ring (bicyclic) bond motifs is 2. The highest BCUT2D eigenvalue weighted by atomic mass is 35.5. The molecule has 5 nitrogen and oxygen atoms in total. The molecule has 3 rings (SSSR count). The largest absolute Gasteiger partial charge is 0.462 e. The van der Waals surface area contributed by atoms with Crippen LogP contribution in [-0.4, -0.2) is 17.6 Å². The summed E-state index contributed by atoms with van der Waals surface area (Å²) in [6.45, 7) is 6.00. The van der Waals surface area contributed by atoms with Gasteiger partial charge in [-0.05, 0) is 30.5 Å². The molecule has 2 heterocycles. The molecular weight excluding hydrogens is 330 g/mol. The van der Waals surface area contributed by atoms with Crippen molar-refractivity contribution < 1.29 is 13.9 Å². The van der Waals surface area contributed by atoms with E-state index in [1.54, 1.807) is 19.1 Å². The molecule has 0 aliphatic heterocycles. The van der Waals surface area contributed by atoms with Gasteiger partial charge in [-0.3, -0.25) is 4.79 Å². The summed E-state index contributed by atoms with van der Waals surface area (Å²) < 4.78 is 10.7. The Morgan fingerprint density at radius 2 is 2.04 bits per heavy atom. The Hall–Kier alpha value is -2.40. The molecule has 24 heavy (non-hydrogen) atoms. The van der Waals surface area contributed by atoms with E-state index in [1.807, 2.05) is 19.9 Å². The Kier molecular flexibility index (Phi) is 4.28. The highest BCUT2D eigenvalue weighted by Gasteiger charge is 2.18. The van der Waals surface area contributed by atoms with Crippen molar-refractivity contribution in [1.29, 1.82) is 0 Å². The summed E-state index contributed by atoms with van der Waals surface area (Å²) >= 11 is 6.05. The topological polar surface area (TPSA) is 69.4 Å². The first-order valence-electron chi connectivity index (χ1n) is 7.66. The lowest BCUT2D eigenvalue weighted by molar-refractivity contribution is 0.0526. The van der Waals surface area contributed by atoms with Crippen LogP contribution in [0.4, 0.5) is 0 Å². The van der Waals surface area contributed by atoms with Crippen LogP contribution in [0.25, 0.3) is 22.1 Å². The van der Waals surface area contributed by atoms with Crippen LogP contribution in [-0.2, 0) is 4.74 Å². The molecule has 0 spiro atoms. The van der Waals surface area contributed by atoms with Crippen LogP contribution in [0.3, 0.4) is 0 Å². The number of aromatic nitrogens is 1. The fourth-order valence-corrected chi connectivity index (χ4v) is 2.70. The lowest BCUT2D eigenvalue weighted by atomic mass is 10.0. The summed E-state index contributed by atoms with van der Waals surface area (Å²) in [6.07, 6.45) is 0. The fraction of sp³-hybridized carbons (Fsp3) is 0.278. The maximum Gasteiger partial charge on any atom is 0.341 e. The predicted molar refractivity (Wildman–Crippen MR) is 92.8 cm³/mol. The number of ether oxygens (including phenoxy) is 1. The highest BCUT2D eigenvalue weighted by Crippen LogP contribution is 2.25. The van der Waals surface area contributed by atoms with Gasteiger partial charge in [0, 0.05) is 6.07 Å². The van der Waals surface area contributed by atoms with Crippen LogP contribution >= 0.6 is 11.6 Å². The Balaban J connectivity index is 2.29. The van der Waals surface area contributed by atoms with Crippen LogP contribution in [0, 0.1) is 0 Å². The monoisotopic (exact) mass is 345 g/mol. The van der Waals surface area contributed by atoms with Gasteiger partial charge in [-0.25, -0.2) is 9.78 Å². The van der Waals surface area contributed by atoms with Gasteiger partial charge in [-0.1, -0.05) is 31.5 Å². The van der Waals surface area contributed by atoms with Crippen LogP contribution in [0.5, 0.6) is 0 Å². The zero-order chi connectivity index (χ0) is 17.4. The number of benzene rings is 1. The van der Waals surface area contributed by atoms with Gasteiger partial charge < -0.3 is 9.15 Å². The van der Waals surface area contributed by atoms with Crippen LogP contribution in [0.2, 0.25) is 5.15 Å². The Morgan fingerprint density at radius 3 is 2.71 bits per heavy atom. The van der Waals surface area contributed by atoms with Crippen molar-refractivity contribution >= 4 is 39.6 Å². The summed E-state index contributed by atoms with van der Waals surface area (Å²) in [6, 6.07) is 6.88. The van der Waals surface area contributed by atoms with Gasteiger partial charge in [0.2, 0.25) is 5.43 Å². The Labute approximate surface area is 143 Å². The van der Waals surface area contributed by atoms with E-state index in [2.05, 4.69) is 4.98 Å². The van der Waals surface area contributed by atoms with Crippen molar-refractivity contribution in [2.45, 2.75) is 26.7 Å². The van der Waals surface area contributed by atoms with Crippen LogP contribution in [0.1, 0.15) is 42.6 Å². The first kappa shape index (κ1) is 16.5. The number of esters is 1. The third-order valence-electron chi connectivity index (χ3n) is 3.79. The number of halogens is 1. The molecule has 0 amide bonds. The summed E-state index contributed by atoms with van der Waals surface area (Å²) in [7, 11) is 0. The molecule has 0 atom stereocenters. The lowest BCUT2D eigenvalue weighted by Gasteiger charge is -2.08. The van der Waals surface area contributed by atoms with Gasteiger partial charge in [0.05, 0.1) is 12.0 Å². The number of pyridine rings is 1. The second-order valence-electron chi connectivity index (χ2n) is 5.74. The summed E-state index contributed by atoms with van der Waals surface area (Å²) in [5.74, 6) is -0.318. The number of rotatable bonds is 3. The van der Waals surface area contributed by atoms with Crippen molar-refractivity contribution in [2.75, 3.05) is 6.61 Å². The van der Waals surface area contributed by atoms with Crippen molar-refractivity contribution in [3.05, 3.63) is 50.8 Å². The molecule has 2 aromatic heterocycles. The molecule has 0 aliphatic rings. The quantitative estimate of drug-likeness (QED) is 0.402. The summed E-state index contributed by atoms with van der Waals surface area (Å²) in [5.41, 5.74) is 1.58. The molecule has 0 bridgehead atoms. The van der Waals surface area contributed by atoms with E-state index in [4.69, 9.17) is 20.8 Å². The SMILES string of the molecule is CCOC(=O)c1cc2oc3ccc(C(C)C)cc3c(=O)c2nc1Cl. The zero-order valence-corrected chi connectivity index (χ0v) is 14.3. The normalized spacial score (nSPS) is 11.4. The standard InChI is InChI=1S/C18H16ClNO4/c1-4-23-18(22)12-8-14-15(20-17(12)19)16(21)11-7-10(9(2)3)5-6-13(11)24-14/h5-9H,4H2,1-3H3. The maximum atomic E-state index is 12.7. The van der Waals surface area contributed by atoms with E-state index in [0.29, 0.717) is 11.0 Å². The highest BCUT2D eigenvalue weighted by molar-refractivity contribution is 6.32. The number of carbonyl (C=O) groups is 1. The number of hydrogen-bond acceptors (Lipinski definition) is 5. The smallest absolute Gasteiger partial charge is 0.341 e. The maximum absolute atomic E-state index is 12.7. The minimum Gasteiger partial charge on any atom is -0.462 e.